The fraction of sp³-hybridized carbons (Fsp3) is 0.438. The Hall–Kier alpha value is -1.57. The summed E-state index contributed by atoms with van der Waals surface area (Å²) in [5.41, 5.74) is 1.38. The van der Waals surface area contributed by atoms with E-state index in [4.69, 9.17) is 0 Å². The van der Waals surface area contributed by atoms with Gasteiger partial charge >= 0.3 is 0 Å². The summed E-state index contributed by atoms with van der Waals surface area (Å²) in [4.78, 5) is 15.5. The molecule has 0 spiro atoms. The van der Waals surface area contributed by atoms with Crippen molar-refractivity contribution in [1.29, 1.82) is 0 Å². The zero-order valence-electron chi connectivity index (χ0n) is 12.9. The lowest BCUT2D eigenvalue weighted by atomic mass is 9.88. The monoisotopic (exact) mass is 346 g/mol. The van der Waals surface area contributed by atoms with Gasteiger partial charge in [0.25, 0.3) is 0 Å². The highest BCUT2D eigenvalue weighted by Gasteiger charge is 2.34. The van der Waals surface area contributed by atoms with Crippen molar-refractivity contribution in [3.8, 4) is 0 Å². The molecule has 0 aliphatic carbocycles. The summed E-state index contributed by atoms with van der Waals surface area (Å²) in [5, 5.41) is 16.0. The van der Waals surface area contributed by atoms with Crippen molar-refractivity contribution in [3.63, 3.8) is 0 Å². The van der Waals surface area contributed by atoms with E-state index in [2.05, 4.69) is 19.9 Å². The number of aromatic nitrogens is 3. The van der Waals surface area contributed by atoms with Crippen LogP contribution in [0.15, 0.2) is 23.2 Å². The van der Waals surface area contributed by atoms with E-state index in [1.54, 1.807) is 29.0 Å². The molecule has 1 aliphatic rings. The summed E-state index contributed by atoms with van der Waals surface area (Å²) in [5.74, 6) is 0.997. The smallest absolute Gasteiger partial charge is 0.150 e. The topological polar surface area (TPSA) is 62.1 Å². The Balaban J connectivity index is 1.49. The van der Waals surface area contributed by atoms with Crippen molar-refractivity contribution >= 4 is 38.7 Å². The normalized spacial score (nSPS) is 17.7. The molecule has 0 saturated carbocycles. The number of aryl methyl sites for hydroxylation is 1. The van der Waals surface area contributed by atoms with Gasteiger partial charge in [-0.15, -0.1) is 22.7 Å². The third-order valence-electron chi connectivity index (χ3n) is 4.36. The van der Waals surface area contributed by atoms with E-state index in [-0.39, 0.29) is 0 Å². The number of piperidine rings is 1. The Morgan fingerprint density at radius 1 is 1.26 bits per heavy atom. The zero-order valence-corrected chi connectivity index (χ0v) is 14.5. The SMILES string of the molecule is Cc1csc(CC2(O)CCN(c3ncnc4ccsc34)CC2)n1. The first-order valence-corrected chi connectivity index (χ1v) is 9.45. The predicted octanol–water partition coefficient (Wildman–Crippen LogP) is 3.03. The van der Waals surface area contributed by atoms with Crippen LogP contribution in [0.2, 0.25) is 0 Å². The number of fused-ring (bicyclic) bond motifs is 1. The number of thiophene rings is 1. The zero-order chi connectivity index (χ0) is 15.9. The van der Waals surface area contributed by atoms with Crippen molar-refractivity contribution in [1.82, 2.24) is 15.0 Å². The quantitative estimate of drug-likeness (QED) is 0.790. The van der Waals surface area contributed by atoms with Gasteiger partial charge in [0, 0.05) is 30.6 Å². The van der Waals surface area contributed by atoms with E-state index in [1.165, 1.54) is 0 Å². The number of hydrogen-bond donors (Lipinski definition) is 1. The van der Waals surface area contributed by atoms with Gasteiger partial charge in [-0.25, -0.2) is 15.0 Å². The molecule has 3 aromatic rings. The van der Waals surface area contributed by atoms with Crippen LogP contribution in [0.5, 0.6) is 0 Å². The van der Waals surface area contributed by atoms with E-state index in [0.717, 1.165) is 52.7 Å². The third kappa shape index (κ3) is 2.96. The summed E-state index contributed by atoms with van der Waals surface area (Å²) in [6.45, 7) is 3.61. The van der Waals surface area contributed by atoms with Crippen molar-refractivity contribution in [2.24, 2.45) is 0 Å². The van der Waals surface area contributed by atoms with Gasteiger partial charge in [0.15, 0.2) is 0 Å². The van der Waals surface area contributed by atoms with Gasteiger partial charge in [-0.2, -0.15) is 0 Å². The fourth-order valence-electron chi connectivity index (χ4n) is 3.08. The molecule has 5 nitrogen and oxygen atoms in total. The number of aliphatic hydroxyl groups is 1. The van der Waals surface area contributed by atoms with Crippen LogP contribution in [0.3, 0.4) is 0 Å². The molecule has 23 heavy (non-hydrogen) atoms. The highest BCUT2D eigenvalue weighted by Crippen LogP contribution is 2.33. The lowest BCUT2D eigenvalue weighted by Gasteiger charge is -2.38. The van der Waals surface area contributed by atoms with Gasteiger partial charge in [0.1, 0.15) is 12.1 Å². The molecule has 3 aromatic heterocycles. The van der Waals surface area contributed by atoms with Gasteiger partial charge < -0.3 is 10.0 Å². The highest BCUT2D eigenvalue weighted by molar-refractivity contribution is 7.17. The molecule has 0 amide bonds. The first-order chi connectivity index (χ1) is 11.1. The van der Waals surface area contributed by atoms with Crippen LogP contribution in [0.4, 0.5) is 5.82 Å². The van der Waals surface area contributed by atoms with Crippen molar-refractivity contribution in [2.45, 2.75) is 31.8 Å². The summed E-state index contributed by atoms with van der Waals surface area (Å²) in [7, 11) is 0. The Kier molecular flexibility index (Phi) is 3.79. The van der Waals surface area contributed by atoms with Gasteiger partial charge in [-0.1, -0.05) is 0 Å². The lowest BCUT2D eigenvalue weighted by molar-refractivity contribution is 0.0164. The number of nitrogens with zero attached hydrogens (tertiary/aromatic N) is 4. The first kappa shape index (κ1) is 15.0. The second kappa shape index (κ2) is 5.81. The Bertz CT molecular complexity index is 820. The molecule has 1 N–H and O–H groups in total. The first-order valence-electron chi connectivity index (χ1n) is 7.70. The molecule has 7 heteroatoms. The van der Waals surface area contributed by atoms with E-state index in [0.29, 0.717) is 6.42 Å². The van der Waals surface area contributed by atoms with Crippen LogP contribution >= 0.6 is 22.7 Å². The maximum atomic E-state index is 10.9. The minimum atomic E-state index is -0.650. The van der Waals surface area contributed by atoms with Gasteiger partial charge in [-0.05, 0) is 31.2 Å². The maximum Gasteiger partial charge on any atom is 0.150 e. The molecule has 1 saturated heterocycles. The Labute approximate surface area is 142 Å². The Morgan fingerprint density at radius 2 is 2.09 bits per heavy atom. The second-order valence-corrected chi connectivity index (χ2v) is 7.96. The molecule has 0 atom stereocenters. The molecular formula is C16H18N4OS2. The van der Waals surface area contributed by atoms with Crippen molar-refractivity contribution in [2.75, 3.05) is 18.0 Å². The van der Waals surface area contributed by atoms with Gasteiger partial charge in [0.05, 0.1) is 20.8 Å². The summed E-state index contributed by atoms with van der Waals surface area (Å²) in [6, 6.07) is 2.02. The molecule has 0 unspecified atom stereocenters. The van der Waals surface area contributed by atoms with E-state index in [1.807, 2.05) is 23.8 Å². The van der Waals surface area contributed by atoms with Crippen molar-refractivity contribution < 1.29 is 5.11 Å². The second-order valence-electron chi connectivity index (χ2n) is 6.10. The lowest BCUT2D eigenvalue weighted by Crippen LogP contribution is -2.46. The number of hydrogen-bond acceptors (Lipinski definition) is 7. The third-order valence-corrected chi connectivity index (χ3v) is 6.23. The minimum Gasteiger partial charge on any atom is -0.389 e. The fourth-order valence-corrected chi connectivity index (χ4v) is 4.85. The number of thiazole rings is 1. The van der Waals surface area contributed by atoms with Crippen LogP contribution < -0.4 is 4.90 Å². The van der Waals surface area contributed by atoms with E-state index < -0.39 is 5.60 Å². The van der Waals surface area contributed by atoms with Crippen molar-refractivity contribution in [3.05, 3.63) is 33.9 Å². The Morgan fingerprint density at radius 3 is 2.83 bits per heavy atom. The van der Waals surface area contributed by atoms with Crippen LogP contribution in [0, 0.1) is 6.92 Å². The molecular weight excluding hydrogens is 328 g/mol. The average molecular weight is 346 g/mol. The van der Waals surface area contributed by atoms with Crippen LogP contribution in [-0.2, 0) is 6.42 Å². The predicted molar refractivity (Wildman–Crippen MR) is 94.4 cm³/mol. The van der Waals surface area contributed by atoms with E-state index >= 15 is 0 Å². The molecule has 0 radical (unpaired) electrons. The van der Waals surface area contributed by atoms with Crippen LogP contribution in [0.25, 0.3) is 10.2 Å². The summed E-state index contributed by atoms with van der Waals surface area (Å²) < 4.78 is 1.13. The van der Waals surface area contributed by atoms with Crippen LogP contribution in [-0.4, -0.2) is 38.7 Å². The highest BCUT2D eigenvalue weighted by atomic mass is 32.1. The summed E-state index contributed by atoms with van der Waals surface area (Å²) in [6.07, 6.45) is 3.76. The summed E-state index contributed by atoms with van der Waals surface area (Å²) >= 11 is 3.31. The van der Waals surface area contributed by atoms with E-state index in [9.17, 15) is 5.11 Å². The molecule has 4 heterocycles. The molecule has 4 rings (SSSR count). The number of rotatable bonds is 3. The van der Waals surface area contributed by atoms with Gasteiger partial charge in [-0.3, -0.25) is 0 Å². The molecule has 0 aromatic carbocycles. The largest absolute Gasteiger partial charge is 0.389 e. The number of anilines is 1. The molecule has 0 bridgehead atoms. The van der Waals surface area contributed by atoms with Crippen LogP contribution in [0.1, 0.15) is 23.5 Å². The molecule has 1 aliphatic heterocycles. The maximum absolute atomic E-state index is 10.9. The van der Waals surface area contributed by atoms with Gasteiger partial charge in [0.2, 0.25) is 0 Å². The standard InChI is InChI=1S/C16H18N4OS2/c1-11-9-23-13(19-11)8-16(21)3-5-20(6-4-16)15-14-12(2-7-22-14)17-10-18-15/h2,7,9-10,21H,3-6,8H2,1H3. The molecule has 1 fully saturated rings. The minimum absolute atomic E-state index is 0.650. The molecule has 120 valence electrons. The average Bonchev–Trinajstić information content (AvgIpc) is 3.16.